The number of aromatic nitrogens is 1. The fraction of sp³-hybridized carbons (Fsp3) is 0.200. The van der Waals surface area contributed by atoms with Gasteiger partial charge in [-0.05, 0) is 79.9 Å². The van der Waals surface area contributed by atoms with Crippen LogP contribution in [0.4, 0.5) is 10.1 Å². The lowest BCUT2D eigenvalue weighted by atomic mass is 9.99. The molecule has 0 saturated carbocycles. The third kappa shape index (κ3) is 4.64. The van der Waals surface area contributed by atoms with Crippen molar-refractivity contribution >= 4 is 26.6 Å². The maximum atomic E-state index is 14.1. The van der Waals surface area contributed by atoms with Gasteiger partial charge in [0.2, 0.25) is 10.0 Å². The Morgan fingerprint density at radius 3 is 2.39 bits per heavy atom. The number of aryl methyl sites for hydroxylation is 3. The smallest absolute Gasteiger partial charge is 0.243 e. The van der Waals surface area contributed by atoms with Crippen LogP contribution in [0.2, 0.25) is 0 Å². The molecule has 1 unspecified atom stereocenters. The quantitative estimate of drug-likeness (QED) is 0.291. The summed E-state index contributed by atoms with van der Waals surface area (Å²) in [5.41, 5.74) is 11.2. The van der Waals surface area contributed by atoms with Crippen LogP contribution in [0.15, 0.2) is 65.6 Å². The molecule has 0 fully saturated rings. The van der Waals surface area contributed by atoms with Gasteiger partial charge < -0.3 is 15.4 Å². The van der Waals surface area contributed by atoms with Gasteiger partial charge in [-0.1, -0.05) is 23.8 Å². The zero-order chi connectivity index (χ0) is 23.9. The number of rotatable bonds is 6. The average Bonchev–Trinajstić information content (AvgIpc) is 3.08. The molecule has 0 bridgehead atoms. The Balaban J connectivity index is 1.79. The summed E-state index contributed by atoms with van der Waals surface area (Å²) in [5, 5.41) is 11.7. The van der Waals surface area contributed by atoms with Crippen LogP contribution in [-0.4, -0.2) is 18.1 Å². The Hall–Kier alpha value is -3.20. The van der Waals surface area contributed by atoms with Crippen molar-refractivity contribution in [2.24, 2.45) is 0 Å². The van der Waals surface area contributed by atoms with E-state index in [-0.39, 0.29) is 4.90 Å². The van der Waals surface area contributed by atoms with Gasteiger partial charge in [-0.25, -0.2) is 12.8 Å². The van der Waals surface area contributed by atoms with Crippen LogP contribution in [0.5, 0.6) is 0 Å². The maximum absolute atomic E-state index is 14.1. The highest BCUT2D eigenvalue weighted by Crippen LogP contribution is 2.28. The number of aliphatic hydroxyl groups is 1. The summed E-state index contributed by atoms with van der Waals surface area (Å²) in [5.74, 6) is -0.416. The van der Waals surface area contributed by atoms with Crippen molar-refractivity contribution < 1.29 is 17.9 Å². The molecule has 3 aromatic carbocycles. The Morgan fingerprint density at radius 1 is 1.03 bits per heavy atom. The molecule has 4 rings (SSSR count). The number of hydrogen-bond acceptors (Lipinski definition) is 4. The molecule has 4 N–H and O–H groups in total. The van der Waals surface area contributed by atoms with Crippen molar-refractivity contribution in [2.75, 3.05) is 5.73 Å². The largest absolute Gasteiger partial charge is 0.399 e. The molecular weight excluding hydrogens is 441 g/mol. The number of halogens is 1. The Bertz CT molecular complexity index is 1440. The van der Waals surface area contributed by atoms with Crippen LogP contribution in [0.3, 0.4) is 0 Å². The van der Waals surface area contributed by atoms with Crippen LogP contribution in [0, 0.1) is 26.6 Å². The van der Waals surface area contributed by atoms with Gasteiger partial charge in [0, 0.05) is 17.6 Å². The molecule has 4 aromatic rings. The molecular formula is C25H26FN3O3S. The molecule has 0 aliphatic rings. The minimum Gasteiger partial charge on any atom is -0.399 e. The first-order valence-corrected chi connectivity index (χ1v) is 11.9. The molecule has 33 heavy (non-hydrogen) atoms. The number of hydrogen-bond donors (Lipinski definition) is 3. The monoisotopic (exact) mass is 467 g/mol. The van der Waals surface area contributed by atoms with Crippen molar-refractivity contribution in [2.45, 2.75) is 38.4 Å². The van der Waals surface area contributed by atoms with Crippen LogP contribution in [-0.2, 0) is 16.6 Å². The number of aliphatic hydroxyl groups excluding tert-OH is 1. The third-order valence-electron chi connectivity index (χ3n) is 5.77. The number of nitrogens with two attached hydrogens (primary N) is 1. The highest BCUT2D eigenvalue weighted by Gasteiger charge is 2.24. The van der Waals surface area contributed by atoms with Gasteiger partial charge in [0.05, 0.1) is 16.1 Å². The van der Waals surface area contributed by atoms with E-state index in [2.05, 4.69) is 16.9 Å². The molecule has 0 saturated heterocycles. The summed E-state index contributed by atoms with van der Waals surface area (Å²) < 4.78 is 43.9. The number of nitrogens with zero attached hydrogens (tertiary/aromatic N) is 1. The van der Waals surface area contributed by atoms with Crippen molar-refractivity contribution in [3.05, 3.63) is 94.4 Å². The van der Waals surface area contributed by atoms with Crippen molar-refractivity contribution in [1.29, 1.82) is 0 Å². The summed E-state index contributed by atoms with van der Waals surface area (Å²) in [6.45, 7) is 6.36. The SMILES string of the molecule is Cc1cc(C)c(Cn2c(C(O)NS(=O)(=O)c3cccc(N)c3)cc3ccc(F)cc32)c(C)c1. The first-order valence-electron chi connectivity index (χ1n) is 10.5. The number of anilines is 1. The molecule has 1 aromatic heterocycles. The third-order valence-corrected chi connectivity index (χ3v) is 7.18. The fourth-order valence-electron chi connectivity index (χ4n) is 4.23. The minimum absolute atomic E-state index is 0.0551. The van der Waals surface area contributed by atoms with E-state index in [0.717, 1.165) is 22.3 Å². The van der Waals surface area contributed by atoms with Crippen molar-refractivity contribution in [3.8, 4) is 0 Å². The molecule has 1 atom stereocenters. The van der Waals surface area contributed by atoms with Crippen LogP contribution in [0.25, 0.3) is 10.9 Å². The summed E-state index contributed by atoms with van der Waals surface area (Å²) in [7, 11) is -4.05. The summed E-state index contributed by atoms with van der Waals surface area (Å²) in [6, 6.07) is 15.9. The topological polar surface area (TPSA) is 97.3 Å². The summed E-state index contributed by atoms with van der Waals surface area (Å²) >= 11 is 0. The number of fused-ring (bicyclic) bond motifs is 1. The number of sulfonamides is 1. The van der Waals surface area contributed by atoms with Crippen LogP contribution >= 0.6 is 0 Å². The highest BCUT2D eigenvalue weighted by atomic mass is 32.2. The van der Waals surface area contributed by atoms with E-state index in [0.29, 0.717) is 28.8 Å². The van der Waals surface area contributed by atoms with Crippen molar-refractivity contribution in [1.82, 2.24) is 9.29 Å². The maximum Gasteiger partial charge on any atom is 0.243 e. The lowest BCUT2D eigenvalue weighted by molar-refractivity contribution is 0.158. The van der Waals surface area contributed by atoms with E-state index in [9.17, 15) is 17.9 Å². The van der Waals surface area contributed by atoms with Gasteiger partial charge in [0.1, 0.15) is 5.82 Å². The molecule has 0 amide bonds. The van der Waals surface area contributed by atoms with Gasteiger partial charge in [-0.2, -0.15) is 4.72 Å². The second-order valence-corrected chi connectivity index (χ2v) is 10.0. The van der Waals surface area contributed by atoms with E-state index in [4.69, 9.17) is 5.73 Å². The number of nitrogens with one attached hydrogen (secondary N) is 1. The van der Waals surface area contributed by atoms with Gasteiger partial charge in [0.25, 0.3) is 0 Å². The normalized spacial score (nSPS) is 12.9. The lowest BCUT2D eigenvalue weighted by Crippen LogP contribution is -2.30. The molecule has 1 heterocycles. The van der Waals surface area contributed by atoms with E-state index in [1.54, 1.807) is 22.8 Å². The van der Waals surface area contributed by atoms with E-state index in [1.807, 2.05) is 20.8 Å². The lowest BCUT2D eigenvalue weighted by Gasteiger charge is -2.19. The first-order chi connectivity index (χ1) is 15.5. The van der Waals surface area contributed by atoms with Gasteiger partial charge in [-0.3, -0.25) is 0 Å². The van der Waals surface area contributed by atoms with E-state index >= 15 is 0 Å². The zero-order valence-electron chi connectivity index (χ0n) is 18.6. The van der Waals surface area contributed by atoms with Crippen LogP contribution < -0.4 is 10.5 Å². The standard InChI is InChI=1S/C25H26FN3O3S/c1-15-9-16(2)22(17(3)10-15)14-29-23-12-19(26)8-7-18(23)11-24(29)25(30)28-33(31,32)21-6-4-5-20(27)13-21/h4-13,25,28,30H,14,27H2,1-3H3. The first kappa shape index (κ1) is 23.0. The predicted molar refractivity (Wildman–Crippen MR) is 128 cm³/mol. The van der Waals surface area contributed by atoms with E-state index < -0.39 is 22.1 Å². The van der Waals surface area contributed by atoms with Gasteiger partial charge in [0.15, 0.2) is 6.23 Å². The Morgan fingerprint density at radius 2 is 1.73 bits per heavy atom. The molecule has 0 aliphatic carbocycles. The average molecular weight is 468 g/mol. The Kier molecular flexibility index (Phi) is 6.00. The van der Waals surface area contributed by atoms with Gasteiger partial charge in [-0.15, -0.1) is 0 Å². The number of nitrogen functional groups attached to an aromatic ring is 1. The molecule has 0 aliphatic heterocycles. The fourth-order valence-corrected chi connectivity index (χ4v) is 5.33. The summed E-state index contributed by atoms with van der Waals surface area (Å²) in [6.07, 6.45) is -1.56. The molecule has 172 valence electrons. The molecule has 8 heteroatoms. The second kappa shape index (κ2) is 8.62. The van der Waals surface area contributed by atoms with Gasteiger partial charge >= 0.3 is 0 Å². The minimum atomic E-state index is -4.05. The Labute approximate surface area is 192 Å². The van der Waals surface area contributed by atoms with Crippen molar-refractivity contribution in [3.63, 3.8) is 0 Å². The highest BCUT2D eigenvalue weighted by molar-refractivity contribution is 7.89. The zero-order valence-corrected chi connectivity index (χ0v) is 19.4. The molecule has 0 spiro atoms. The number of benzene rings is 3. The molecule has 0 radical (unpaired) electrons. The summed E-state index contributed by atoms with van der Waals surface area (Å²) in [4.78, 5) is -0.0551. The van der Waals surface area contributed by atoms with E-state index in [1.165, 1.54) is 30.3 Å². The predicted octanol–water partition coefficient (Wildman–Crippen LogP) is 4.31. The molecule has 6 nitrogen and oxygen atoms in total. The second-order valence-electron chi connectivity index (χ2n) is 8.33. The van der Waals surface area contributed by atoms with Crippen LogP contribution in [0.1, 0.15) is 34.2 Å².